The van der Waals surface area contributed by atoms with E-state index in [2.05, 4.69) is 12.2 Å². The summed E-state index contributed by atoms with van der Waals surface area (Å²) in [4.78, 5) is 26.3. The van der Waals surface area contributed by atoms with Crippen LogP contribution in [0.1, 0.15) is 49.4 Å². The molecule has 1 saturated heterocycles. The third kappa shape index (κ3) is 3.68. The Morgan fingerprint density at radius 2 is 2.23 bits per heavy atom. The van der Waals surface area contributed by atoms with Gasteiger partial charge < -0.3 is 19.7 Å². The lowest BCUT2D eigenvalue weighted by atomic mass is 10.1. The molecule has 2 heterocycles. The first kappa shape index (κ1) is 16.5. The summed E-state index contributed by atoms with van der Waals surface area (Å²) in [6.07, 6.45) is 1.43. The highest BCUT2D eigenvalue weighted by Crippen LogP contribution is 2.22. The fourth-order valence-electron chi connectivity index (χ4n) is 2.82. The van der Waals surface area contributed by atoms with E-state index in [1.165, 1.54) is 4.90 Å². The average Bonchev–Trinajstić information content (AvgIpc) is 3.04. The molecule has 0 saturated carbocycles. The van der Waals surface area contributed by atoms with Crippen LogP contribution in [-0.4, -0.2) is 46.6 Å². The third-order valence-electron chi connectivity index (χ3n) is 3.90. The number of aryl methyl sites for hydroxylation is 1. The second-order valence-corrected chi connectivity index (χ2v) is 5.97. The Bertz CT molecular complexity index is 540. The molecule has 2 N–H and O–H groups in total. The molecule has 0 aliphatic carbocycles. The molecule has 2 amide bonds. The Labute approximate surface area is 130 Å². The largest absolute Gasteiger partial charge is 0.456 e. The highest BCUT2D eigenvalue weighted by molar-refractivity contribution is 5.96. The lowest BCUT2D eigenvalue weighted by Crippen LogP contribution is -2.48. The van der Waals surface area contributed by atoms with Gasteiger partial charge in [-0.05, 0) is 32.4 Å². The van der Waals surface area contributed by atoms with E-state index >= 15 is 0 Å². The van der Waals surface area contributed by atoms with Crippen LogP contribution in [-0.2, 0) is 4.79 Å². The van der Waals surface area contributed by atoms with Gasteiger partial charge >= 0.3 is 0 Å². The van der Waals surface area contributed by atoms with Crippen LogP contribution in [0.2, 0.25) is 0 Å². The first-order chi connectivity index (χ1) is 10.4. The van der Waals surface area contributed by atoms with E-state index < -0.39 is 12.1 Å². The van der Waals surface area contributed by atoms with Gasteiger partial charge in [0.2, 0.25) is 5.91 Å². The predicted octanol–water partition coefficient (Wildman–Crippen LogP) is 1.47. The SMILES string of the molecule is CCCC(C)NC(=O)C1CC(O)CN1C(=O)c1ccc(C)o1. The summed E-state index contributed by atoms with van der Waals surface area (Å²) in [5, 5.41) is 12.8. The molecule has 122 valence electrons. The summed E-state index contributed by atoms with van der Waals surface area (Å²) >= 11 is 0. The number of nitrogens with zero attached hydrogens (tertiary/aromatic N) is 1. The monoisotopic (exact) mass is 308 g/mol. The Kier molecular flexibility index (Phi) is 5.24. The highest BCUT2D eigenvalue weighted by Gasteiger charge is 2.40. The maximum absolute atomic E-state index is 12.5. The molecule has 2 rings (SSSR count). The Balaban J connectivity index is 2.08. The van der Waals surface area contributed by atoms with Crippen molar-refractivity contribution in [2.24, 2.45) is 0 Å². The summed E-state index contributed by atoms with van der Waals surface area (Å²) in [6, 6.07) is 2.71. The zero-order valence-electron chi connectivity index (χ0n) is 13.3. The van der Waals surface area contributed by atoms with E-state index in [-0.39, 0.29) is 36.6 Å². The molecule has 22 heavy (non-hydrogen) atoms. The standard InChI is InChI=1S/C16H24N2O4/c1-4-5-10(2)17-15(20)13-8-12(19)9-18(13)16(21)14-7-6-11(3)22-14/h6-7,10,12-13,19H,4-5,8-9H2,1-3H3,(H,17,20). The fourth-order valence-corrected chi connectivity index (χ4v) is 2.82. The van der Waals surface area contributed by atoms with Gasteiger partial charge in [-0.15, -0.1) is 0 Å². The highest BCUT2D eigenvalue weighted by atomic mass is 16.4. The number of likely N-dealkylation sites (tertiary alicyclic amines) is 1. The van der Waals surface area contributed by atoms with E-state index in [9.17, 15) is 14.7 Å². The lowest BCUT2D eigenvalue weighted by Gasteiger charge is -2.24. The number of rotatable bonds is 5. The van der Waals surface area contributed by atoms with Crippen LogP contribution >= 0.6 is 0 Å². The number of hydrogen-bond donors (Lipinski definition) is 2. The molecule has 1 fully saturated rings. The van der Waals surface area contributed by atoms with Gasteiger partial charge in [0.05, 0.1) is 6.10 Å². The normalized spacial score (nSPS) is 22.6. The number of aliphatic hydroxyl groups excluding tert-OH is 1. The number of carbonyl (C=O) groups excluding carboxylic acids is 2. The molecular weight excluding hydrogens is 284 g/mol. The topological polar surface area (TPSA) is 82.8 Å². The van der Waals surface area contributed by atoms with E-state index in [0.717, 1.165) is 12.8 Å². The van der Waals surface area contributed by atoms with Gasteiger partial charge in [0, 0.05) is 19.0 Å². The molecule has 3 atom stereocenters. The Hall–Kier alpha value is -1.82. The van der Waals surface area contributed by atoms with Crippen molar-refractivity contribution in [2.75, 3.05) is 6.54 Å². The molecule has 3 unspecified atom stereocenters. The van der Waals surface area contributed by atoms with Gasteiger partial charge in [0.15, 0.2) is 5.76 Å². The van der Waals surface area contributed by atoms with Gasteiger partial charge in [-0.3, -0.25) is 9.59 Å². The van der Waals surface area contributed by atoms with Crippen molar-refractivity contribution in [3.63, 3.8) is 0 Å². The minimum absolute atomic E-state index is 0.0538. The van der Waals surface area contributed by atoms with Gasteiger partial charge in [-0.2, -0.15) is 0 Å². The maximum atomic E-state index is 12.5. The van der Waals surface area contributed by atoms with Crippen molar-refractivity contribution in [2.45, 2.75) is 58.2 Å². The molecule has 0 radical (unpaired) electrons. The molecule has 0 aromatic carbocycles. The number of furan rings is 1. The zero-order chi connectivity index (χ0) is 16.3. The lowest BCUT2D eigenvalue weighted by molar-refractivity contribution is -0.125. The summed E-state index contributed by atoms with van der Waals surface area (Å²) in [6.45, 7) is 5.90. The smallest absolute Gasteiger partial charge is 0.290 e. The van der Waals surface area contributed by atoms with Crippen molar-refractivity contribution < 1.29 is 19.1 Å². The van der Waals surface area contributed by atoms with Crippen molar-refractivity contribution >= 4 is 11.8 Å². The van der Waals surface area contributed by atoms with Crippen LogP contribution < -0.4 is 5.32 Å². The molecule has 6 nitrogen and oxygen atoms in total. The number of β-amino-alcohol motifs (C(OH)–C–C–N with tert-alkyl or cyclic N) is 1. The van der Waals surface area contributed by atoms with Gasteiger partial charge in [0.1, 0.15) is 11.8 Å². The maximum Gasteiger partial charge on any atom is 0.290 e. The second kappa shape index (κ2) is 6.96. The summed E-state index contributed by atoms with van der Waals surface area (Å²) in [5.74, 6) is 0.272. The summed E-state index contributed by atoms with van der Waals surface area (Å²) < 4.78 is 5.34. The minimum atomic E-state index is -0.683. The molecule has 6 heteroatoms. The number of aliphatic hydroxyl groups is 1. The molecule has 1 aromatic heterocycles. The average molecular weight is 308 g/mol. The van der Waals surface area contributed by atoms with E-state index in [1.54, 1.807) is 19.1 Å². The van der Waals surface area contributed by atoms with Crippen molar-refractivity contribution in [3.8, 4) is 0 Å². The van der Waals surface area contributed by atoms with Crippen LogP contribution in [0.25, 0.3) is 0 Å². The van der Waals surface area contributed by atoms with Crippen LogP contribution in [0.4, 0.5) is 0 Å². The van der Waals surface area contributed by atoms with E-state index in [1.807, 2.05) is 6.92 Å². The van der Waals surface area contributed by atoms with Gasteiger partial charge in [0.25, 0.3) is 5.91 Å². The molecule has 1 aromatic rings. The molecule has 1 aliphatic rings. The second-order valence-electron chi connectivity index (χ2n) is 5.97. The van der Waals surface area contributed by atoms with Crippen molar-refractivity contribution in [3.05, 3.63) is 23.7 Å². The molecule has 1 aliphatic heterocycles. The first-order valence-electron chi connectivity index (χ1n) is 7.78. The summed E-state index contributed by atoms with van der Waals surface area (Å²) in [5.41, 5.74) is 0. The number of amides is 2. The zero-order valence-corrected chi connectivity index (χ0v) is 13.3. The van der Waals surface area contributed by atoms with E-state index in [0.29, 0.717) is 5.76 Å². The van der Waals surface area contributed by atoms with Crippen LogP contribution in [0, 0.1) is 6.92 Å². The Morgan fingerprint density at radius 3 is 2.82 bits per heavy atom. The molecular formula is C16H24N2O4. The third-order valence-corrected chi connectivity index (χ3v) is 3.90. The fraction of sp³-hybridized carbons (Fsp3) is 0.625. The van der Waals surface area contributed by atoms with Gasteiger partial charge in [-0.1, -0.05) is 13.3 Å². The molecule has 0 bridgehead atoms. The Morgan fingerprint density at radius 1 is 1.50 bits per heavy atom. The van der Waals surface area contributed by atoms with Crippen molar-refractivity contribution in [1.29, 1.82) is 0 Å². The van der Waals surface area contributed by atoms with Crippen molar-refractivity contribution in [1.82, 2.24) is 10.2 Å². The van der Waals surface area contributed by atoms with Crippen LogP contribution in [0.15, 0.2) is 16.5 Å². The van der Waals surface area contributed by atoms with Gasteiger partial charge in [-0.25, -0.2) is 0 Å². The first-order valence-corrected chi connectivity index (χ1v) is 7.78. The van der Waals surface area contributed by atoms with Crippen LogP contribution in [0.5, 0.6) is 0 Å². The quantitative estimate of drug-likeness (QED) is 0.863. The summed E-state index contributed by atoms with van der Waals surface area (Å²) in [7, 11) is 0. The minimum Gasteiger partial charge on any atom is -0.456 e. The predicted molar refractivity (Wildman–Crippen MR) is 81.4 cm³/mol. The number of hydrogen-bond acceptors (Lipinski definition) is 4. The molecule has 0 spiro atoms. The number of nitrogens with one attached hydrogen (secondary N) is 1. The van der Waals surface area contributed by atoms with Crippen LogP contribution in [0.3, 0.4) is 0 Å². The number of carbonyl (C=O) groups is 2. The van der Waals surface area contributed by atoms with E-state index in [4.69, 9.17) is 4.42 Å².